The van der Waals surface area contributed by atoms with E-state index in [0.29, 0.717) is 5.69 Å². The van der Waals surface area contributed by atoms with Crippen molar-refractivity contribution in [2.75, 3.05) is 5.32 Å². The van der Waals surface area contributed by atoms with Gasteiger partial charge < -0.3 is 5.32 Å². The molecule has 5 heteroatoms. The van der Waals surface area contributed by atoms with Gasteiger partial charge in [-0.05, 0) is 36.8 Å². The highest BCUT2D eigenvalue weighted by molar-refractivity contribution is 7.22. The van der Waals surface area contributed by atoms with Crippen molar-refractivity contribution >= 4 is 32.4 Å². The minimum absolute atomic E-state index is 0.391. The number of nitrogens with zero attached hydrogens (tertiary/aromatic N) is 3. The summed E-state index contributed by atoms with van der Waals surface area (Å²) in [6.45, 7) is 2.06. The van der Waals surface area contributed by atoms with Crippen LogP contribution >= 0.6 is 11.3 Å². The fraction of sp³-hybridized carbons (Fsp3) is 0.0714. The van der Waals surface area contributed by atoms with E-state index in [0.717, 1.165) is 21.0 Å². The van der Waals surface area contributed by atoms with Crippen LogP contribution < -0.4 is 5.32 Å². The minimum atomic E-state index is 0.391. The average molecular weight is 266 g/mol. The Morgan fingerprint density at radius 1 is 1.26 bits per heavy atom. The van der Waals surface area contributed by atoms with E-state index in [1.165, 1.54) is 5.56 Å². The van der Waals surface area contributed by atoms with Crippen LogP contribution in [0, 0.1) is 18.3 Å². The van der Waals surface area contributed by atoms with Gasteiger partial charge in [-0.15, -0.1) is 0 Å². The van der Waals surface area contributed by atoms with Crippen LogP contribution in [0.3, 0.4) is 0 Å². The third-order valence-electron chi connectivity index (χ3n) is 2.67. The van der Waals surface area contributed by atoms with E-state index in [1.54, 1.807) is 23.6 Å². The van der Waals surface area contributed by atoms with Crippen molar-refractivity contribution in [1.82, 2.24) is 9.97 Å². The van der Waals surface area contributed by atoms with Gasteiger partial charge in [-0.1, -0.05) is 17.4 Å². The molecule has 4 nitrogen and oxygen atoms in total. The molecule has 0 spiro atoms. The molecule has 1 N–H and O–H groups in total. The molecule has 0 atom stereocenters. The number of pyridine rings is 1. The number of nitriles is 1. The summed E-state index contributed by atoms with van der Waals surface area (Å²) >= 11 is 1.59. The van der Waals surface area contributed by atoms with E-state index in [9.17, 15) is 0 Å². The Bertz CT molecular complexity index is 785. The summed E-state index contributed by atoms with van der Waals surface area (Å²) in [7, 11) is 0. The molecule has 3 rings (SSSR count). The normalized spacial score (nSPS) is 10.3. The summed E-state index contributed by atoms with van der Waals surface area (Å²) in [6.07, 6.45) is 1.61. The smallest absolute Gasteiger partial charge is 0.188 e. The number of nitrogens with one attached hydrogen (secondary N) is 1. The first-order valence-corrected chi connectivity index (χ1v) is 6.56. The number of fused-ring (bicyclic) bond motifs is 1. The molecule has 1 aromatic carbocycles. The molecule has 3 aromatic rings. The van der Waals surface area contributed by atoms with Crippen molar-refractivity contribution in [3.63, 3.8) is 0 Å². The molecule has 0 radical (unpaired) electrons. The lowest BCUT2D eigenvalue weighted by Crippen LogP contribution is -1.91. The van der Waals surface area contributed by atoms with Gasteiger partial charge >= 0.3 is 0 Å². The zero-order valence-electron chi connectivity index (χ0n) is 10.2. The second kappa shape index (κ2) is 4.67. The van der Waals surface area contributed by atoms with Crippen LogP contribution in [0.1, 0.15) is 11.3 Å². The molecule has 0 saturated heterocycles. The molecule has 0 amide bonds. The summed E-state index contributed by atoms with van der Waals surface area (Å²) in [4.78, 5) is 8.44. The van der Waals surface area contributed by atoms with Crippen molar-refractivity contribution in [3.05, 3.63) is 47.8 Å². The number of thiazole rings is 1. The molecule has 0 unspecified atom stereocenters. The first-order valence-electron chi connectivity index (χ1n) is 5.75. The van der Waals surface area contributed by atoms with Gasteiger partial charge in [-0.2, -0.15) is 5.26 Å². The van der Waals surface area contributed by atoms with E-state index < -0.39 is 0 Å². The number of anilines is 2. The van der Waals surface area contributed by atoms with Gasteiger partial charge in [0.1, 0.15) is 11.8 Å². The lowest BCUT2D eigenvalue weighted by Gasteiger charge is -2.00. The molecular weight excluding hydrogens is 256 g/mol. The van der Waals surface area contributed by atoms with Crippen LogP contribution in [0.15, 0.2) is 36.5 Å². The Hall–Kier alpha value is -2.45. The van der Waals surface area contributed by atoms with Gasteiger partial charge in [0.2, 0.25) is 0 Å². The maximum atomic E-state index is 8.82. The van der Waals surface area contributed by atoms with Crippen LogP contribution in [0.4, 0.5) is 10.8 Å². The Balaban J connectivity index is 1.94. The SMILES string of the molecule is Cc1ccc2nc(Nc3ccnc(C#N)c3)sc2c1. The molecule has 0 saturated carbocycles. The quantitative estimate of drug-likeness (QED) is 0.769. The second-order valence-electron chi connectivity index (χ2n) is 4.16. The molecular formula is C14H10N4S. The third-order valence-corrected chi connectivity index (χ3v) is 3.60. The number of rotatable bonds is 2. The molecule has 19 heavy (non-hydrogen) atoms. The van der Waals surface area contributed by atoms with Crippen LogP contribution in [0.2, 0.25) is 0 Å². The molecule has 2 heterocycles. The number of benzene rings is 1. The highest BCUT2D eigenvalue weighted by Crippen LogP contribution is 2.28. The first-order chi connectivity index (χ1) is 9.24. The topological polar surface area (TPSA) is 61.6 Å². The summed E-state index contributed by atoms with van der Waals surface area (Å²) in [5, 5.41) is 12.8. The standard InChI is InChI=1S/C14H10N4S/c1-9-2-3-12-13(6-9)19-14(18-12)17-10-4-5-16-11(7-10)8-15/h2-7H,1H3,(H,16,17,18). The second-order valence-corrected chi connectivity index (χ2v) is 5.19. The lowest BCUT2D eigenvalue weighted by molar-refractivity contribution is 1.26. The maximum Gasteiger partial charge on any atom is 0.188 e. The van der Waals surface area contributed by atoms with Crippen LogP contribution in [-0.2, 0) is 0 Å². The summed E-state index contributed by atoms with van der Waals surface area (Å²) in [5.41, 5.74) is 3.41. The maximum absolute atomic E-state index is 8.82. The fourth-order valence-electron chi connectivity index (χ4n) is 1.78. The average Bonchev–Trinajstić information content (AvgIpc) is 2.80. The van der Waals surface area contributed by atoms with Crippen LogP contribution in [-0.4, -0.2) is 9.97 Å². The van der Waals surface area contributed by atoms with Crippen molar-refractivity contribution in [2.45, 2.75) is 6.92 Å². The molecule has 0 aliphatic heterocycles. The Morgan fingerprint density at radius 2 is 2.16 bits per heavy atom. The van der Waals surface area contributed by atoms with Gasteiger partial charge in [-0.3, -0.25) is 0 Å². The number of hydrogen-bond donors (Lipinski definition) is 1. The largest absolute Gasteiger partial charge is 0.331 e. The predicted octanol–water partition coefficient (Wildman–Crippen LogP) is 3.62. The van der Waals surface area contributed by atoms with E-state index >= 15 is 0 Å². The third kappa shape index (κ3) is 2.39. The molecule has 0 aliphatic rings. The molecule has 0 bridgehead atoms. The number of hydrogen-bond acceptors (Lipinski definition) is 5. The van der Waals surface area contributed by atoms with Crippen molar-refractivity contribution in [3.8, 4) is 6.07 Å². The van der Waals surface area contributed by atoms with E-state index in [4.69, 9.17) is 5.26 Å². The zero-order valence-corrected chi connectivity index (χ0v) is 11.0. The number of aromatic nitrogens is 2. The summed E-state index contributed by atoms with van der Waals surface area (Å²) < 4.78 is 1.15. The van der Waals surface area contributed by atoms with Crippen molar-refractivity contribution < 1.29 is 0 Å². The highest BCUT2D eigenvalue weighted by Gasteiger charge is 2.04. The van der Waals surface area contributed by atoms with Gasteiger partial charge in [0, 0.05) is 11.9 Å². The van der Waals surface area contributed by atoms with Gasteiger partial charge in [-0.25, -0.2) is 9.97 Å². The van der Waals surface area contributed by atoms with E-state index in [1.807, 2.05) is 24.3 Å². The predicted molar refractivity (Wildman–Crippen MR) is 76.6 cm³/mol. The minimum Gasteiger partial charge on any atom is -0.331 e. The summed E-state index contributed by atoms with van der Waals surface area (Å²) in [5.74, 6) is 0. The Morgan fingerprint density at radius 3 is 3.00 bits per heavy atom. The highest BCUT2D eigenvalue weighted by atomic mass is 32.1. The number of aryl methyl sites for hydroxylation is 1. The molecule has 0 fully saturated rings. The lowest BCUT2D eigenvalue weighted by atomic mass is 10.2. The van der Waals surface area contributed by atoms with Crippen LogP contribution in [0.5, 0.6) is 0 Å². The summed E-state index contributed by atoms with van der Waals surface area (Å²) in [6, 6.07) is 11.7. The molecule has 0 aliphatic carbocycles. The van der Waals surface area contributed by atoms with Crippen molar-refractivity contribution in [2.24, 2.45) is 0 Å². The molecule has 2 aromatic heterocycles. The van der Waals surface area contributed by atoms with Gasteiger partial charge in [0.15, 0.2) is 5.13 Å². The Labute approximate surface area is 114 Å². The van der Waals surface area contributed by atoms with E-state index in [2.05, 4.69) is 28.3 Å². The Kier molecular flexibility index (Phi) is 2.86. The van der Waals surface area contributed by atoms with Gasteiger partial charge in [0.25, 0.3) is 0 Å². The zero-order chi connectivity index (χ0) is 13.2. The molecule has 92 valence electrons. The van der Waals surface area contributed by atoms with Crippen molar-refractivity contribution in [1.29, 1.82) is 5.26 Å². The monoisotopic (exact) mass is 266 g/mol. The van der Waals surface area contributed by atoms with Crippen LogP contribution in [0.25, 0.3) is 10.2 Å². The van der Waals surface area contributed by atoms with Gasteiger partial charge in [0.05, 0.1) is 10.2 Å². The first kappa shape index (κ1) is 11.6. The fourth-order valence-corrected chi connectivity index (χ4v) is 2.76. The van der Waals surface area contributed by atoms with E-state index in [-0.39, 0.29) is 0 Å².